The molecule has 0 spiro atoms. The minimum atomic E-state index is -0.541. The fourth-order valence-corrected chi connectivity index (χ4v) is 2.50. The van der Waals surface area contributed by atoms with E-state index in [9.17, 15) is 9.18 Å². The predicted octanol–water partition coefficient (Wildman–Crippen LogP) is 0.946. The number of carbonyl (C=O) groups is 1. The number of rotatable bonds is 1. The van der Waals surface area contributed by atoms with Crippen LogP contribution in [0.3, 0.4) is 0 Å². The van der Waals surface area contributed by atoms with E-state index in [1.165, 1.54) is 18.2 Å². The summed E-state index contributed by atoms with van der Waals surface area (Å²) in [7, 11) is 2.00. The van der Waals surface area contributed by atoms with Crippen LogP contribution in [0.5, 0.6) is 0 Å². The number of hydrogen-bond donors (Lipinski definition) is 1. The summed E-state index contributed by atoms with van der Waals surface area (Å²) in [4.78, 5) is 16.4. The molecule has 21 heavy (non-hydrogen) atoms. The van der Waals surface area contributed by atoms with Gasteiger partial charge in [-0.3, -0.25) is 4.79 Å². The van der Waals surface area contributed by atoms with E-state index in [0.717, 1.165) is 13.1 Å². The summed E-state index contributed by atoms with van der Waals surface area (Å²) in [5, 5.41) is 8.70. The number of likely N-dealkylation sites (N-methyl/N-ethyl adjacent to an activating group) is 1. The molecule has 2 rings (SSSR count). The number of nitrogens with zero attached hydrogens (tertiary/aromatic N) is 2. The average Bonchev–Trinajstić information content (AvgIpc) is 2.46. The van der Waals surface area contributed by atoms with Gasteiger partial charge in [-0.1, -0.05) is 11.8 Å². The van der Waals surface area contributed by atoms with E-state index in [-0.39, 0.29) is 24.1 Å². The molecule has 0 bridgehead atoms. The molecular formula is C16H19FN2O2. The fraction of sp³-hybridized carbons (Fsp3) is 0.438. The van der Waals surface area contributed by atoms with Gasteiger partial charge >= 0.3 is 0 Å². The highest BCUT2D eigenvalue weighted by Gasteiger charge is 2.28. The van der Waals surface area contributed by atoms with Crippen molar-refractivity contribution in [3.8, 4) is 11.8 Å². The minimum absolute atomic E-state index is 0.0381. The lowest BCUT2D eigenvalue weighted by Gasteiger charge is -2.38. The summed E-state index contributed by atoms with van der Waals surface area (Å²) in [5.41, 5.74) is 0.562. The highest BCUT2D eigenvalue weighted by Crippen LogP contribution is 2.17. The number of halogens is 1. The fourth-order valence-electron chi connectivity index (χ4n) is 2.50. The quantitative estimate of drug-likeness (QED) is 0.783. The normalized spacial score (nSPS) is 19.0. The first kappa shape index (κ1) is 15.5. The molecular weight excluding hydrogens is 271 g/mol. The molecule has 1 aliphatic rings. The van der Waals surface area contributed by atoms with Gasteiger partial charge < -0.3 is 14.9 Å². The van der Waals surface area contributed by atoms with Crippen LogP contribution in [-0.2, 0) is 0 Å². The maximum Gasteiger partial charge on any atom is 0.257 e. The molecule has 1 aromatic carbocycles. The topological polar surface area (TPSA) is 43.8 Å². The van der Waals surface area contributed by atoms with E-state index in [1.54, 1.807) is 4.90 Å². The molecule has 1 atom stereocenters. The Morgan fingerprint density at radius 3 is 2.90 bits per heavy atom. The van der Waals surface area contributed by atoms with Gasteiger partial charge in [-0.15, -0.1) is 0 Å². The average molecular weight is 290 g/mol. The lowest BCUT2D eigenvalue weighted by Crippen LogP contribution is -2.52. The molecule has 4 nitrogen and oxygen atoms in total. The van der Waals surface area contributed by atoms with Crippen LogP contribution in [0.2, 0.25) is 0 Å². The monoisotopic (exact) mass is 290 g/mol. The van der Waals surface area contributed by atoms with Crippen molar-refractivity contribution in [1.29, 1.82) is 0 Å². The first-order chi connectivity index (χ1) is 10.0. The Labute approximate surface area is 124 Å². The highest BCUT2D eigenvalue weighted by atomic mass is 19.1. The molecule has 1 N–H and O–H groups in total. The Morgan fingerprint density at radius 2 is 2.24 bits per heavy atom. The number of hydrogen-bond acceptors (Lipinski definition) is 3. The number of benzene rings is 1. The molecule has 1 amide bonds. The Balaban J connectivity index is 2.26. The number of aliphatic hydroxyl groups excluding tert-OH is 1. The highest BCUT2D eigenvalue weighted by molar-refractivity contribution is 5.95. The van der Waals surface area contributed by atoms with Gasteiger partial charge in [-0.2, -0.15) is 0 Å². The van der Waals surface area contributed by atoms with Crippen LogP contribution < -0.4 is 0 Å². The number of piperazine rings is 1. The Bertz CT molecular complexity index is 592. The van der Waals surface area contributed by atoms with Crippen LogP contribution in [0.25, 0.3) is 0 Å². The van der Waals surface area contributed by atoms with E-state index in [0.29, 0.717) is 12.1 Å². The smallest absolute Gasteiger partial charge is 0.257 e. The Hall–Kier alpha value is -1.90. The number of aliphatic hydroxyl groups is 1. The molecule has 0 aromatic heterocycles. The van der Waals surface area contributed by atoms with E-state index in [1.807, 2.05) is 14.0 Å². The van der Waals surface area contributed by atoms with Crippen LogP contribution in [0, 0.1) is 17.7 Å². The van der Waals surface area contributed by atoms with Gasteiger partial charge in [0.1, 0.15) is 12.4 Å². The first-order valence-electron chi connectivity index (χ1n) is 6.91. The maximum atomic E-state index is 13.9. The van der Waals surface area contributed by atoms with Crippen molar-refractivity contribution in [1.82, 2.24) is 9.80 Å². The van der Waals surface area contributed by atoms with Gasteiger partial charge in [0.15, 0.2) is 0 Å². The van der Waals surface area contributed by atoms with Crippen LogP contribution in [0.15, 0.2) is 18.2 Å². The van der Waals surface area contributed by atoms with Crippen LogP contribution in [-0.4, -0.2) is 60.1 Å². The van der Waals surface area contributed by atoms with Crippen molar-refractivity contribution in [3.05, 3.63) is 35.1 Å². The molecule has 5 heteroatoms. The first-order valence-corrected chi connectivity index (χ1v) is 6.91. The van der Waals surface area contributed by atoms with E-state index in [2.05, 4.69) is 16.7 Å². The third-order valence-corrected chi connectivity index (χ3v) is 3.60. The summed E-state index contributed by atoms with van der Waals surface area (Å²) in [6, 6.07) is 4.24. The van der Waals surface area contributed by atoms with Crippen molar-refractivity contribution in [2.75, 3.05) is 33.3 Å². The van der Waals surface area contributed by atoms with Gasteiger partial charge in [0, 0.05) is 31.2 Å². The summed E-state index contributed by atoms with van der Waals surface area (Å²) >= 11 is 0. The second-order valence-electron chi connectivity index (χ2n) is 5.26. The largest absolute Gasteiger partial charge is 0.384 e. The van der Waals surface area contributed by atoms with Crippen LogP contribution >= 0.6 is 0 Å². The zero-order valence-corrected chi connectivity index (χ0v) is 12.3. The third-order valence-electron chi connectivity index (χ3n) is 3.60. The molecule has 1 unspecified atom stereocenters. The van der Waals surface area contributed by atoms with Crippen molar-refractivity contribution in [2.45, 2.75) is 13.0 Å². The molecule has 1 fully saturated rings. The molecule has 0 saturated carbocycles. The maximum absolute atomic E-state index is 13.9. The van der Waals surface area contributed by atoms with E-state index < -0.39 is 5.82 Å². The number of amides is 1. The van der Waals surface area contributed by atoms with E-state index >= 15 is 0 Å². The molecule has 112 valence electrons. The SMILES string of the molecule is CC1CN(C)CCN1C(=O)c1cc(C#CCO)ccc1F. The lowest BCUT2D eigenvalue weighted by molar-refractivity contribution is 0.0529. The Morgan fingerprint density at radius 1 is 1.48 bits per heavy atom. The van der Waals surface area contributed by atoms with Gasteiger partial charge in [0.05, 0.1) is 5.56 Å². The minimum Gasteiger partial charge on any atom is -0.384 e. The molecule has 0 radical (unpaired) electrons. The molecule has 0 aliphatic carbocycles. The van der Waals surface area contributed by atoms with Crippen molar-refractivity contribution < 1.29 is 14.3 Å². The summed E-state index contributed by atoms with van der Waals surface area (Å²) in [5.74, 6) is 4.34. The second-order valence-corrected chi connectivity index (χ2v) is 5.26. The van der Waals surface area contributed by atoms with Crippen molar-refractivity contribution in [3.63, 3.8) is 0 Å². The lowest BCUT2D eigenvalue weighted by atomic mass is 10.1. The van der Waals surface area contributed by atoms with Crippen molar-refractivity contribution >= 4 is 5.91 Å². The summed E-state index contributed by atoms with van der Waals surface area (Å²) in [6.45, 7) is 3.83. The zero-order chi connectivity index (χ0) is 15.4. The van der Waals surface area contributed by atoms with Gasteiger partial charge in [0.25, 0.3) is 5.91 Å². The molecule has 1 aromatic rings. The van der Waals surface area contributed by atoms with Crippen LogP contribution in [0.4, 0.5) is 4.39 Å². The third kappa shape index (κ3) is 3.60. The number of carbonyl (C=O) groups excluding carboxylic acids is 1. The Kier molecular flexibility index (Phi) is 4.94. The van der Waals surface area contributed by atoms with Gasteiger partial charge in [-0.05, 0) is 32.2 Å². The summed E-state index contributed by atoms with van der Waals surface area (Å²) in [6.07, 6.45) is 0. The molecule has 1 heterocycles. The van der Waals surface area contributed by atoms with Gasteiger partial charge in [0.2, 0.25) is 0 Å². The molecule has 1 aliphatic heterocycles. The predicted molar refractivity (Wildman–Crippen MR) is 78.4 cm³/mol. The second kappa shape index (κ2) is 6.70. The summed E-state index contributed by atoms with van der Waals surface area (Å²) < 4.78 is 13.9. The van der Waals surface area contributed by atoms with Crippen molar-refractivity contribution in [2.24, 2.45) is 0 Å². The molecule has 1 saturated heterocycles. The van der Waals surface area contributed by atoms with E-state index in [4.69, 9.17) is 5.11 Å². The zero-order valence-electron chi connectivity index (χ0n) is 12.3. The van der Waals surface area contributed by atoms with Crippen LogP contribution in [0.1, 0.15) is 22.8 Å². The standard InChI is InChI=1S/C16H19FN2O2/c1-12-11-18(2)7-8-19(12)16(21)14-10-13(4-3-9-20)5-6-15(14)17/h5-6,10,12,20H,7-9,11H2,1-2H3. The van der Waals surface area contributed by atoms with Gasteiger partial charge in [-0.25, -0.2) is 4.39 Å².